The standard InChI is InChI=1S/C12H15NO5.K/c1-5(14)7-9-10-6(3-2-4-18-10)8(12(16)17)13(9)11(7)15;/h5,7,9-10,14H,2-4H2,1H3,(H,16,17);/q;+1/p-1/t5-,7-,9+,10-;/m1./s1. The van der Waals surface area contributed by atoms with Crippen LogP contribution in [0.4, 0.5) is 0 Å². The second-order valence-corrected chi connectivity index (χ2v) is 5.02. The minimum absolute atomic E-state index is 0. The number of aliphatic hydroxyl groups is 1. The second-order valence-electron chi connectivity index (χ2n) is 5.02. The molecule has 0 aliphatic carbocycles. The third-order valence-electron chi connectivity index (χ3n) is 3.99. The van der Waals surface area contributed by atoms with Crippen LogP contribution in [0.2, 0.25) is 0 Å². The van der Waals surface area contributed by atoms with Gasteiger partial charge in [-0.3, -0.25) is 4.79 Å². The summed E-state index contributed by atoms with van der Waals surface area (Å²) in [5, 5.41) is 20.8. The van der Waals surface area contributed by atoms with Gasteiger partial charge in [-0.2, -0.15) is 0 Å². The van der Waals surface area contributed by atoms with E-state index < -0.39 is 18.0 Å². The van der Waals surface area contributed by atoms with Crippen LogP contribution in [-0.2, 0) is 14.3 Å². The molecule has 98 valence electrons. The molecule has 0 aromatic carbocycles. The van der Waals surface area contributed by atoms with Crippen LogP contribution in [0.3, 0.4) is 0 Å². The van der Waals surface area contributed by atoms with Crippen molar-refractivity contribution in [1.82, 2.24) is 4.90 Å². The van der Waals surface area contributed by atoms with Crippen LogP contribution >= 0.6 is 0 Å². The van der Waals surface area contributed by atoms with Crippen LogP contribution < -0.4 is 56.5 Å². The number of rotatable bonds is 2. The van der Waals surface area contributed by atoms with Crippen molar-refractivity contribution in [3.8, 4) is 0 Å². The van der Waals surface area contributed by atoms with Gasteiger partial charge in [0.25, 0.3) is 0 Å². The Morgan fingerprint density at radius 3 is 2.84 bits per heavy atom. The number of nitrogens with zero attached hydrogens (tertiary/aromatic N) is 1. The summed E-state index contributed by atoms with van der Waals surface area (Å²) in [6.45, 7) is 2.10. The Kier molecular flexibility index (Phi) is 4.57. The molecule has 4 atom stereocenters. The van der Waals surface area contributed by atoms with Gasteiger partial charge in [0.2, 0.25) is 5.91 Å². The van der Waals surface area contributed by atoms with Crippen LogP contribution in [-0.4, -0.2) is 46.7 Å². The van der Waals surface area contributed by atoms with Gasteiger partial charge in [0.15, 0.2) is 0 Å². The molecule has 3 rings (SSSR count). The van der Waals surface area contributed by atoms with Gasteiger partial charge in [-0.1, -0.05) is 0 Å². The summed E-state index contributed by atoms with van der Waals surface area (Å²) in [5.74, 6) is -2.25. The summed E-state index contributed by atoms with van der Waals surface area (Å²) in [4.78, 5) is 24.3. The first-order chi connectivity index (χ1) is 8.54. The summed E-state index contributed by atoms with van der Waals surface area (Å²) in [6.07, 6.45) is 0.174. The van der Waals surface area contributed by atoms with Gasteiger partial charge >= 0.3 is 51.4 Å². The number of carbonyl (C=O) groups is 2. The van der Waals surface area contributed by atoms with E-state index in [9.17, 15) is 19.8 Å². The number of carbonyl (C=O) groups excluding carboxylic acids is 2. The fraction of sp³-hybridized carbons (Fsp3) is 0.667. The number of aliphatic carboxylic acids is 1. The molecule has 0 aromatic rings. The maximum atomic E-state index is 11.9. The van der Waals surface area contributed by atoms with Gasteiger partial charge in [0, 0.05) is 6.61 Å². The Morgan fingerprint density at radius 2 is 2.26 bits per heavy atom. The number of aliphatic hydroxyl groups excluding tert-OH is 1. The van der Waals surface area contributed by atoms with Crippen molar-refractivity contribution in [2.45, 2.75) is 38.0 Å². The zero-order valence-corrected chi connectivity index (χ0v) is 14.1. The molecule has 6 nitrogen and oxygen atoms in total. The Hall–Kier alpha value is 0.236. The summed E-state index contributed by atoms with van der Waals surface area (Å²) in [7, 11) is 0. The molecule has 0 unspecified atom stereocenters. The molecule has 0 saturated carbocycles. The molecule has 3 aliphatic heterocycles. The second kappa shape index (κ2) is 5.55. The molecule has 1 N–H and O–H groups in total. The van der Waals surface area contributed by atoms with E-state index >= 15 is 0 Å². The van der Waals surface area contributed by atoms with Gasteiger partial charge < -0.3 is 24.6 Å². The zero-order chi connectivity index (χ0) is 13.0. The molecule has 0 aromatic heterocycles. The van der Waals surface area contributed by atoms with Crippen molar-refractivity contribution in [2.24, 2.45) is 5.92 Å². The van der Waals surface area contributed by atoms with Crippen molar-refractivity contribution >= 4 is 11.9 Å². The van der Waals surface area contributed by atoms with Crippen LogP contribution in [0.1, 0.15) is 19.8 Å². The number of carboxylic acid groups (broad SMARTS) is 1. The number of ether oxygens (including phenoxy) is 1. The Balaban J connectivity index is 0.00000133. The first-order valence-electron chi connectivity index (χ1n) is 6.11. The van der Waals surface area contributed by atoms with Gasteiger partial charge in [-0.25, -0.2) is 0 Å². The Morgan fingerprint density at radius 1 is 1.58 bits per heavy atom. The van der Waals surface area contributed by atoms with E-state index in [2.05, 4.69) is 0 Å². The number of β-lactam (4-membered cyclic amide) rings is 1. The predicted octanol–water partition coefficient (Wildman–Crippen LogP) is -4.61. The smallest absolute Gasteiger partial charge is 0.543 e. The molecular weight excluding hydrogens is 277 g/mol. The van der Waals surface area contributed by atoms with E-state index in [0.717, 1.165) is 6.42 Å². The molecule has 19 heavy (non-hydrogen) atoms. The third-order valence-corrected chi connectivity index (χ3v) is 3.99. The van der Waals surface area contributed by atoms with E-state index in [-0.39, 0.29) is 75.1 Å². The van der Waals surface area contributed by atoms with Gasteiger partial charge in [-0.15, -0.1) is 0 Å². The van der Waals surface area contributed by atoms with E-state index in [1.165, 1.54) is 4.90 Å². The summed E-state index contributed by atoms with van der Waals surface area (Å²) < 4.78 is 5.59. The van der Waals surface area contributed by atoms with E-state index in [4.69, 9.17) is 4.74 Å². The topological polar surface area (TPSA) is 89.9 Å². The quantitative estimate of drug-likeness (QED) is 0.408. The molecule has 2 fully saturated rings. The van der Waals surface area contributed by atoms with Gasteiger partial charge in [-0.05, 0) is 25.3 Å². The van der Waals surface area contributed by atoms with Crippen LogP contribution in [0.5, 0.6) is 0 Å². The number of fused-ring (bicyclic) bond motifs is 3. The normalized spacial score (nSPS) is 34.1. The Labute approximate surface area is 153 Å². The number of amides is 1. The fourth-order valence-corrected chi connectivity index (χ4v) is 3.26. The molecule has 2 saturated heterocycles. The first kappa shape index (κ1) is 15.6. The minimum atomic E-state index is -1.33. The number of carboxylic acids is 1. The first-order valence-corrected chi connectivity index (χ1v) is 6.11. The predicted molar refractivity (Wildman–Crippen MR) is 56.8 cm³/mol. The van der Waals surface area contributed by atoms with Gasteiger partial charge in [0.1, 0.15) is 6.10 Å². The van der Waals surface area contributed by atoms with Crippen molar-refractivity contribution in [3.63, 3.8) is 0 Å². The summed E-state index contributed by atoms with van der Waals surface area (Å²) >= 11 is 0. The van der Waals surface area contributed by atoms with Gasteiger partial charge in [0.05, 0.1) is 29.7 Å². The average molecular weight is 291 g/mol. The van der Waals surface area contributed by atoms with Crippen molar-refractivity contribution in [1.29, 1.82) is 0 Å². The zero-order valence-electron chi connectivity index (χ0n) is 11.0. The average Bonchev–Trinajstić information content (AvgIpc) is 2.60. The van der Waals surface area contributed by atoms with Crippen molar-refractivity contribution in [2.75, 3.05) is 6.61 Å². The summed E-state index contributed by atoms with van der Waals surface area (Å²) in [5.41, 5.74) is 0.606. The maximum Gasteiger partial charge on any atom is 1.00 e. The van der Waals surface area contributed by atoms with E-state index in [1.54, 1.807) is 6.92 Å². The van der Waals surface area contributed by atoms with E-state index in [0.29, 0.717) is 18.6 Å². The molecule has 1 amide bonds. The van der Waals surface area contributed by atoms with Crippen LogP contribution in [0, 0.1) is 5.92 Å². The summed E-state index contributed by atoms with van der Waals surface area (Å²) in [6, 6.07) is -0.374. The molecule has 0 spiro atoms. The SMILES string of the molecule is C[C@@H](O)[C@H]1C(=O)N2C(C(=O)[O-])=C3CCCO[C@H]3[C@H]12.[K+]. The minimum Gasteiger partial charge on any atom is -0.543 e. The van der Waals surface area contributed by atoms with Crippen molar-refractivity contribution < 1.29 is 75.9 Å². The van der Waals surface area contributed by atoms with E-state index in [1.807, 2.05) is 0 Å². The molecule has 0 radical (unpaired) electrons. The molecular formula is C12H14KNO5. The molecule has 7 heteroatoms. The maximum absolute atomic E-state index is 11.9. The van der Waals surface area contributed by atoms with Crippen molar-refractivity contribution in [3.05, 3.63) is 11.3 Å². The van der Waals surface area contributed by atoms with Crippen LogP contribution in [0.15, 0.2) is 11.3 Å². The largest absolute Gasteiger partial charge is 1.00 e. The molecule has 3 heterocycles. The Bertz CT molecular complexity index is 461. The molecule has 0 bridgehead atoms. The number of hydrogen-bond acceptors (Lipinski definition) is 5. The molecule has 3 aliphatic rings. The third kappa shape index (κ3) is 2.15. The number of hydrogen-bond donors (Lipinski definition) is 1. The fourth-order valence-electron chi connectivity index (χ4n) is 3.26. The monoisotopic (exact) mass is 291 g/mol. The van der Waals surface area contributed by atoms with Crippen LogP contribution in [0.25, 0.3) is 0 Å².